The minimum Gasteiger partial charge on any atom is -0.457 e. The molecule has 0 heterocycles. The number of carbonyl (C=O) groups is 1. The molecule has 1 amide bonds. The van der Waals surface area contributed by atoms with Crippen LogP contribution in [-0.2, 0) is 4.79 Å². The Morgan fingerprint density at radius 3 is 2.47 bits per heavy atom. The van der Waals surface area contributed by atoms with Crippen LogP contribution in [0.4, 0.5) is 11.4 Å². The maximum Gasteiger partial charge on any atom is 0.296 e. The summed E-state index contributed by atoms with van der Waals surface area (Å²) in [5.74, 6) is 0.905. The fourth-order valence-electron chi connectivity index (χ4n) is 1.54. The highest BCUT2D eigenvalue weighted by Crippen LogP contribution is 2.31. The molecule has 1 N–H and O–H groups in total. The van der Waals surface area contributed by atoms with Gasteiger partial charge in [-0.25, -0.2) is 0 Å². The molecule has 0 saturated heterocycles. The van der Waals surface area contributed by atoms with Crippen LogP contribution >= 0.6 is 0 Å². The number of nitro groups is 1. The molecule has 6 heteroatoms. The van der Waals surface area contributed by atoms with E-state index >= 15 is 0 Å². The third-order valence-electron chi connectivity index (χ3n) is 2.36. The molecule has 0 bridgehead atoms. The standard InChI is InChI=1S/C13H10N2O4/c16-9-14-12-7-6-11(8-13(12)15(17)18)19-10-4-2-1-3-5-10/h1-9H,(H,14,16). The van der Waals surface area contributed by atoms with Gasteiger partial charge in [0.2, 0.25) is 6.41 Å². The molecule has 0 aliphatic carbocycles. The van der Waals surface area contributed by atoms with Crippen molar-refractivity contribution >= 4 is 17.8 Å². The summed E-state index contributed by atoms with van der Waals surface area (Å²) in [6, 6.07) is 13.1. The number of nitrogens with zero attached hydrogens (tertiary/aromatic N) is 1. The van der Waals surface area contributed by atoms with E-state index in [1.165, 1.54) is 12.1 Å². The van der Waals surface area contributed by atoms with Gasteiger partial charge in [-0.15, -0.1) is 0 Å². The van der Waals surface area contributed by atoms with Crippen molar-refractivity contribution in [3.63, 3.8) is 0 Å². The van der Waals surface area contributed by atoms with E-state index in [-0.39, 0.29) is 11.4 Å². The highest BCUT2D eigenvalue weighted by molar-refractivity contribution is 5.78. The number of hydrogen-bond acceptors (Lipinski definition) is 4. The number of nitro benzene ring substituents is 1. The Morgan fingerprint density at radius 1 is 1.11 bits per heavy atom. The Kier molecular flexibility index (Phi) is 3.72. The van der Waals surface area contributed by atoms with Crippen molar-refractivity contribution in [2.24, 2.45) is 0 Å². The molecule has 0 fully saturated rings. The maximum absolute atomic E-state index is 10.9. The SMILES string of the molecule is O=CNc1ccc(Oc2ccccc2)cc1[N+](=O)[O-]. The number of carbonyl (C=O) groups excluding carboxylic acids is 1. The van der Waals surface area contributed by atoms with Crippen molar-refractivity contribution < 1.29 is 14.5 Å². The number of ether oxygens (including phenoxy) is 1. The molecular weight excluding hydrogens is 248 g/mol. The predicted molar refractivity (Wildman–Crippen MR) is 69.3 cm³/mol. The van der Waals surface area contributed by atoms with E-state index < -0.39 is 4.92 Å². The fourth-order valence-corrected chi connectivity index (χ4v) is 1.54. The van der Waals surface area contributed by atoms with Crippen LogP contribution in [0.3, 0.4) is 0 Å². The molecule has 2 rings (SSSR count). The van der Waals surface area contributed by atoms with Crippen LogP contribution in [0.15, 0.2) is 48.5 Å². The Labute approximate surface area is 108 Å². The monoisotopic (exact) mass is 258 g/mol. The smallest absolute Gasteiger partial charge is 0.296 e. The van der Waals surface area contributed by atoms with E-state index in [4.69, 9.17) is 4.74 Å². The van der Waals surface area contributed by atoms with Crippen molar-refractivity contribution in [3.05, 3.63) is 58.6 Å². The van der Waals surface area contributed by atoms with Crippen molar-refractivity contribution in [3.8, 4) is 11.5 Å². The van der Waals surface area contributed by atoms with Gasteiger partial charge in [0.05, 0.1) is 11.0 Å². The Bertz CT molecular complexity index is 599. The topological polar surface area (TPSA) is 81.5 Å². The van der Waals surface area contributed by atoms with E-state index in [2.05, 4.69) is 5.32 Å². The Hall–Kier alpha value is -2.89. The number of benzene rings is 2. The zero-order valence-corrected chi connectivity index (χ0v) is 9.78. The van der Waals surface area contributed by atoms with Crippen LogP contribution in [0.5, 0.6) is 11.5 Å². The minimum absolute atomic E-state index is 0.125. The van der Waals surface area contributed by atoms with Crippen molar-refractivity contribution in [1.29, 1.82) is 0 Å². The molecule has 6 nitrogen and oxygen atoms in total. The third-order valence-corrected chi connectivity index (χ3v) is 2.36. The average Bonchev–Trinajstić information content (AvgIpc) is 2.42. The molecule has 0 saturated carbocycles. The molecular formula is C13H10N2O4. The zero-order valence-electron chi connectivity index (χ0n) is 9.78. The highest BCUT2D eigenvalue weighted by Gasteiger charge is 2.15. The van der Waals surface area contributed by atoms with Crippen LogP contribution in [0.2, 0.25) is 0 Å². The molecule has 0 radical (unpaired) electrons. The van der Waals surface area contributed by atoms with Crippen molar-refractivity contribution in [2.75, 3.05) is 5.32 Å². The van der Waals surface area contributed by atoms with Gasteiger partial charge in [0.15, 0.2) is 0 Å². The van der Waals surface area contributed by atoms with E-state index in [0.29, 0.717) is 17.9 Å². The van der Waals surface area contributed by atoms with Crippen molar-refractivity contribution in [1.82, 2.24) is 0 Å². The number of amides is 1. The summed E-state index contributed by atoms with van der Waals surface area (Å²) in [4.78, 5) is 20.7. The lowest BCUT2D eigenvalue weighted by Crippen LogP contribution is -1.99. The summed E-state index contributed by atoms with van der Waals surface area (Å²) in [6.07, 6.45) is 0.389. The number of rotatable bonds is 5. The third kappa shape index (κ3) is 3.06. The lowest BCUT2D eigenvalue weighted by Gasteiger charge is -2.07. The average molecular weight is 258 g/mol. The summed E-state index contributed by atoms with van der Waals surface area (Å²) in [5, 5.41) is 13.2. The summed E-state index contributed by atoms with van der Waals surface area (Å²) in [5.41, 5.74) is -0.0963. The van der Waals surface area contributed by atoms with Gasteiger partial charge in [-0.2, -0.15) is 0 Å². The quantitative estimate of drug-likeness (QED) is 0.507. The number of nitrogens with one attached hydrogen (secondary N) is 1. The summed E-state index contributed by atoms with van der Waals surface area (Å²) in [6.45, 7) is 0. The molecule has 0 spiro atoms. The normalized spacial score (nSPS) is 9.68. The number of anilines is 1. The maximum atomic E-state index is 10.9. The van der Waals surface area contributed by atoms with Crippen LogP contribution in [0.1, 0.15) is 0 Å². The Balaban J connectivity index is 2.30. The molecule has 19 heavy (non-hydrogen) atoms. The van der Waals surface area contributed by atoms with Crippen LogP contribution in [0, 0.1) is 10.1 Å². The van der Waals surface area contributed by atoms with Crippen LogP contribution in [-0.4, -0.2) is 11.3 Å². The first-order valence-electron chi connectivity index (χ1n) is 5.42. The van der Waals surface area contributed by atoms with Crippen LogP contribution in [0.25, 0.3) is 0 Å². The first kappa shape index (κ1) is 12.6. The summed E-state index contributed by atoms with van der Waals surface area (Å²) < 4.78 is 5.48. The fraction of sp³-hybridized carbons (Fsp3) is 0. The van der Waals surface area contributed by atoms with Crippen LogP contribution < -0.4 is 10.1 Å². The molecule has 0 aliphatic rings. The molecule has 2 aromatic carbocycles. The molecule has 0 aromatic heterocycles. The van der Waals surface area contributed by atoms with E-state index in [0.717, 1.165) is 0 Å². The second-order valence-corrected chi connectivity index (χ2v) is 3.61. The number of para-hydroxylation sites is 1. The number of hydrogen-bond donors (Lipinski definition) is 1. The lowest BCUT2D eigenvalue weighted by molar-refractivity contribution is -0.384. The largest absolute Gasteiger partial charge is 0.457 e. The second-order valence-electron chi connectivity index (χ2n) is 3.61. The van der Waals surface area contributed by atoms with Gasteiger partial charge in [0, 0.05) is 0 Å². The molecule has 0 atom stereocenters. The van der Waals surface area contributed by atoms with Gasteiger partial charge in [-0.05, 0) is 24.3 Å². The van der Waals surface area contributed by atoms with Crippen molar-refractivity contribution in [2.45, 2.75) is 0 Å². The second kappa shape index (κ2) is 5.63. The van der Waals surface area contributed by atoms with Gasteiger partial charge >= 0.3 is 0 Å². The molecule has 96 valence electrons. The first-order valence-corrected chi connectivity index (χ1v) is 5.42. The van der Waals surface area contributed by atoms with E-state index in [9.17, 15) is 14.9 Å². The van der Waals surface area contributed by atoms with Gasteiger partial charge in [0.1, 0.15) is 17.2 Å². The summed E-state index contributed by atoms with van der Waals surface area (Å²) in [7, 11) is 0. The molecule has 2 aromatic rings. The van der Waals surface area contributed by atoms with Gasteiger partial charge in [0.25, 0.3) is 5.69 Å². The lowest BCUT2D eigenvalue weighted by atomic mass is 10.2. The first-order chi connectivity index (χ1) is 9.20. The molecule has 0 aliphatic heterocycles. The zero-order chi connectivity index (χ0) is 13.7. The Morgan fingerprint density at radius 2 is 1.84 bits per heavy atom. The highest BCUT2D eigenvalue weighted by atomic mass is 16.6. The molecule has 0 unspecified atom stereocenters. The predicted octanol–water partition coefficient (Wildman–Crippen LogP) is 2.96. The summed E-state index contributed by atoms with van der Waals surface area (Å²) >= 11 is 0. The van der Waals surface area contributed by atoms with Gasteiger partial charge < -0.3 is 10.1 Å². The van der Waals surface area contributed by atoms with Gasteiger partial charge in [-0.3, -0.25) is 14.9 Å². The van der Waals surface area contributed by atoms with Gasteiger partial charge in [-0.1, -0.05) is 18.2 Å². The van der Waals surface area contributed by atoms with E-state index in [1.807, 2.05) is 6.07 Å². The minimum atomic E-state index is -0.580. The van der Waals surface area contributed by atoms with E-state index in [1.54, 1.807) is 30.3 Å².